The Labute approximate surface area is 106 Å². The van der Waals surface area contributed by atoms with Crippen LogP contribution >= 0.6 is 0 Å². The Balaban J connectivity index is 2.22. The second-order valence-electron chi connectivity index (χ2n) is 5.90. The monoisotopic (exact) mass is 231 g/mol. The zero-order valence-corrected chi connectivity index (χ0v) is 11.4. The third kappa shape index (κ3) is 2.55. The first-order valence-corrected chi connectivity index (χ1v) is 6.89. The Bertz CT molecular complexity index is 336. The second-order valence-corrected chi connectivity index (χ2v) is 5.90. The van der Waals surface area contributed by atoms with Crippen LogP contribution in [0.4, 0.5) is 0 Å². The van der Waals surface area contributed by atoms with Crippen LogP contribution in [0.5, 0.6) is 0 Å². The molecule has 1 nitrogen and oxygen atoms in total. The number of hydrogen-bond donors (Lipinski definition) is 1. The summed E-state index contributed by atoms with van der Waals surface area (Å²) in [7, 11) is 2.12. The lowest BCUT2D eigenvalue weighted by atomic mass is 9.72. The molecule has 1 aromatic carbocycles. The number of benzene rings is 1. The number of hydrogen-bond acceptors (Lipinski definition) is 1. The molecular formula is C16H25N. The highest BCUT2D eigenvalue weighted by molar-refractivity contribution is 5.26. The molecule has 1 N–H and O–H groups in total. The van der Waals surface area contributed by atoms with Gasteiger partial charge in [0, 0.05) is 11.5 Å². The van der Waals surface area contributed by atoms with Crippen molar-refractivity contribution in [1.82, 2.24) is 5.32 Å². The van der Waals surface area contributed by atoms with Crippen LogP contribution in [-0.2, 0) is 5.41 Å². The summed E-state index contributed by atoms with van der Waals surface area (Å²) in [5.74, 6) is 0.843. The summed E-state index contributed by atoms with van der Waals surface area (Å²) in [6.45, 7) is 4.75. The number of rotatable bonds is 4. The van der Waals surface area contributed by atoms with Crippen LogP contribution in [0.25, 0.3) is 0 Å². The maximum absolute atomic E-state index is 3.58. The predicted molar refractivity (Wildman–Crippen MR) is 74.3 cm³/mol. The third-order valence-electron chi connectivity index (χ3n) is 4.48. The summed E-state index contributed by atoms with van der Waals surface area (Å²) in [4.78, 5) is 0. The summed E-state index contributed by atoms with van der Waals surface area (Å²) >= 11 is 0. The molecular weight excluding hydrogens is 206 g/mol. The average Bonchev–Trinajstić information content (AvgIpc) is 2.84. The molecule has 1 fully saturated rings. The summed E-state index contributed by atoms with van der Waals surface area (Å²) < 4.78 is 0. The van der Waals surface area contributed by atoms with Gasteiger partial charge in [-0.15, -0.1) is 0 Å². The van der Waals surface area contributed by atoms with Crippen LogP contribution in [0, 0.1) is 5.92 Å². The Morgan fingerprint density at radius 1 is 1.12 bits per heavy atom. The van der Waals surface area contributed by atoms with Crippen LogP contribution in [0.3, 0.4) is 0 Å². The second kappa shape index (κ2) is 5.22. The Morgan fingerprint density at radius 3 is 2.24 bits per heavy atom. The van der Waals surface area contributed by atoms with Gasteiger partial charge in [0.2, 0.25) is 0 Å². The average molecular weight is 231 g/mol. The molecule has 1 aromatic rings. The topological polar surface area (TPSA) is 12.0 Å². The minimum Gasteiger partial charge on any atom is -0.316 e. The molecule has 0 heterocycles. The van der Waals surface area contributed by atoms with Gasteiger partial charge in [-0.05, 0) is 31.4 Å². The van der Waals surface area contributed by atoms with Gasteiger partial charge in [0.25, 0.3) is 0 Å². The molecule has 1 aliphatic carbocycles. The molecule has 1 unspecified atom stereocenters. The minimum absolute atomic E-state index is 0.213. The maximum Gasteiger partial charge on any atom is 0.0184 e. The van der Waals surface area contributed by atoms with Crippen molar-refractivity contribution in [3.63, 3.8) is 0 Å². The van der Waals surface area contributed by atoms with Crippen LogP contribution in [0.15, 0.2) is 30.3 Å². The van der Waals surface area contributed by atoms with Crippen molar-refractivity contribution in [2.75, 3.05) is 7.05 Å². The van der Waals surface area contributed by atoms with Crippen molar-refractivity contribution in [2.45, 2.75) is 51.0 Å². The molecule has 1 saturated carbocycles. The summed E-state index contributed by atoms with van der Waals surface area (Å²) in [6, 6.07) is 11.5. The summed E-state index contributed by atoms with van der Waals surface area (Å²) in [5, 5.41) is 3.58. The molecule has 1 atom stereocenters. The summed E-state index contributed by atoms with van der Waals surface area (Å²) in [5.41, 5.74) is 1.66. The van der Waals surface area contributed by atoms with Gasteiger partial charge in [-0.3, -0.25) is 0 Å². The Morgan fingerprint density at radius 2 is 1.71 bits per heavy atom. The Kier molecular flexibility index (Phi) is 3.88. The van der Waals surface area contributed by atoms with Crippen molar-refractivity contribution in [3.05, 3.63) is 35.9 Å². The standard InChI is InChI=1S/C16H25N/c1-16(2,14-11-5-4-6-12-14)15(17-3)13-9-7-8-10-13/h4-6,11-13,15,17H,7-10H2,1-3H3. The highest BCUT2D eigenvalue weighted by atomic mass is 14.9. The first-order valence-electron chi connectivity index (χ1n) is 6.89. The maximum atomic E-state index is 3.58. The van der Waals surface area contributed by atoms with E-state index in [1.807, 2.05) is 0 Å². The molecule has 1 aliphatic rings. The molecule has 0 saturated heterocycles. The molecule has 0 aromatic heterocycles. The van der Waals surface area contributed by atoms with Crippen LogP contribution in [-0.4, -0.2) is 13.1 Å². The van der Waals surface area contributed by atoms with E-state index in [0.717, 1.165) is 5.92 Å². The van der Waals surface area contributed by atoms with Gasteiger partial charge in [0.05, 0.1) is 0 Å². The van der Waals surface area contributed by atoms with Crippen LogP contribution in [0.1, 0.15) is 45.1 Å². The molecule has 2 rings (SSSR count). The quantitative estimate of drug-likeness (QED) is 0.832. The fourth-order valence-corrected chi connectivity index (χ4v) is 3.52. The van der Waals surface area contributed by atoms with E-state index in [9.17, 15) is 0 Å². The third-order valence-corrected chi connectivity index (χ3v) is 4.48. The van der Waals surface area contributed by atoms with Crippen molar-refractivity contribution in [2.24, 2.45) is 5.92 Å². The van der Waals surface area contributed by atoms with E-state index in [-0.39, 0.29) is 5.41 Å². The largest absolute Gasteiger partial charge is 0.316 e. The van der Waals surface area contributed by atoms with Crippen molar-refractivity contribution < 1.29 is 0 Å². The van der Waals surface area contributed by atoms with E-state index in [1.165, 1.54) is 31.2 Å². The van der Waals surface area contributed by atoms with Crippen molar-refractivity contribution in [1.29, 1.82) is 0 Å². The molecule has 0 aliphatic heterocycles. The van der Waals surface area contributed by atoms with E-state index in [2.05, 4.69) is 56.5 Å². The predicted octanol–water partition coefficient (Wildman–Crippen LogP) is 3.74. The van der Waals surface area contributed by atoms with E-state index < -0.39 is 0 Å². The molecule has 0 spiro atoms. The van der Waals surface area contributed by atoms with Crippen molar-refractivity contribution in [3.8, 4) is 0 Å². The Hall–Kier alpha value is -0.820. The van der Waals surface area contributed by atoms with Gasteiger partial charge in [0.15, 0.2) is 0 Å². The van der Waals surface area contributed by atoms with Crippen molar-refractivity contribution >= 4 is 0 Å². The zero-order valence-electron chi connectivity index (χ0n) is 11.4. The zero-order chi connectivity index (χ0) is 12.3. The molecule has 0 amide bonds. The fraction of sp³-hybridized carbons (Fsp3) is 0.625. The highest BCUT2D eigenvalue weighted by Gasteiger charge is 2.36. The highest BCUT2D eigenvalue weighted by Crippen LogP contribution is 2.37. The van der Waals surface area contributed by atoms with Crippen LogP contribution < -0.4 is 5.32 Å². The van der Waals surface area contributed by atoms with Gasteiger partial charge in [-0.2, -0.15) is 0 Å². The first kappa shape index (κ1) is 12.6. The first-order chi connectivity index (χ1) is 8.16. The minimum atomic E-state index is 0.213. The lowest BCUT2D eigenvalue weighted by molar-refractivity contribution is 0.260. The SMILES string of the molecule is CNC(C1CCCC1)C(C)(C)c1ccccc1. The smallest absolute Gasteiger partial charge is 0.0184 e. The van der Waals surface area contributed by atoms with Crippen LogP contribution in [0.2, 0.25) is 0 Å². The van der Waals surface area contributed by atoms with E-state index in [0.29, 0.717) is 6.04 Å². The summed E-state index contributed by atoms with van der Waals surface area (Å²) in [6.07, 6.45) is 5.60. The van der Waals surface area contributed by atoms with Gasteiger partial charge in [0.1, 0.15) is 0 Å². The lowest BCUT2D eigenvalue weighted by Crippen LogP contribution is -2.47. The molecule has 1 heteroatoms. The van der Waals surface area contributed by atoms with Gasteiger partial charge >= 0.3 is 0 Å². The lowest BCUT2D eigenvalue weighted by Gasteiger charge is -2.38. The van der Waals surface area contributed by atoms with E-state index in [1.54, 1.807) is 0 Å². The molecule has 94 valence electrons. The van der Waals surface area contributed by atoms with Gasteiger partial charge in [-0.25, -0.2) is 0 Å². The molecule has 17 heavy (non-hydrogen) atoms. The number of likely N-dealkylation sites (N-methyl/N-ethyl adjacent to an activating group) is 1. The fourth-order valence-electron chi connectivity index (χ4n) is 3.52. The number of nitrogens with one attached hydrogen (secondary N) is 1. The van der Waals surface area contributed by atoms with Gasteiger partial charge in [-0.1, -0.05) is 57.0 Å². The molecule has 0 radical (unpaired) electrons. The normalized spacial score (nSPS) is 19.5. The van der Waals surface area contributed by atoms with Gasteiger partial charge < -0.3 is 5.32 Å². The van der Waals surface area contributed by atoms with E-state index >= 15 is 0 Å². The van der Waals surface area contributed by atoms with E-state index in [4.69, 9.17) is 0 Å². The molecule has 0 bridgehead atoms.